The zero-order chi connectivity index (χ0) is 16.5. The zero-order valence-corrected chi connectivity index (χ0v) is 15.1. The van der Waals surface area contributed by atoms with Gasteiger partial charge in [-0.15, -0.1) is 0 Å². The highest BCUT2D eigenvalue weighted by atomic mass is 32.2. The number of nitriles is 1. The van der Waals surface area contributed by atoms with E-state index < -0.39 is 0 Å². The first-order valence-electron chi connectivity index (χ1n) is 8.68. The van der Waals surface area contributed by atoms with Crippen LogP contribution in [-0.4, -0.2) is 24.0 Å². The molecule has 0 spiro atoms. The molecular weight excluding hydrogens is 302 g/mol. The Hall–Kier alpha value is -1.47. The van der Waals surface area contributed by atoms with Crippen LogP contribution in [-0.2, 0) is 0 Å². The van der Waals surface area contributed by atoms with Gasteiger partial charge in [0, 0.05) is 18.3 Å². The van der Waals surface area contributed by atoms with Gasteiger partial charge in [-0.3, -0.25) is 4.99 Å². The predicted octanol–water partition coefficient (Wildman–Crippen LogP) is 5.22. The third-order valence-corrected chi connectivity index (χ3v) is 5.05. The van der Waals surface area contributed by atoms with Gasteiger partial charge in [0.1, 0.15) is 0 Å². The molecule has 124 valence electrons. The van der Waals surface area contributed by atoms with Crippen molar-refractivity contribution in [3.63, 3.8) is 0 Å². The Bertz CT molecular complexity index is 539. The Morgan fingerprint density at radius 3 is 2.52 bits per heavy atom. The maximum absolute atomic E-state index is 9.02. The fourth-order valence-electron chi connectivity index (χ4n) is 3.09. The van der Waals surface area contributed by atoms with Crippen LogP contribution in [0.2, 0.25) is 0 Å². The third kappa shape index (κ3) is 5.00. The maximum atomic E-state index is 9.02. The van der Waals surface area contributed by atoms with Gasteiger partial charge < -0.3 is 4.90 Å². The van der Waals surface area contributed by atoms with Crippen molar-refractivity contribution in [1.29, 1.82) is 5.26 Å². The molecule has 1 aromatic rings. The lowest BCUT2D eigenvalue weighted by atomic mass is 9.94. The van der Waals surface area contributed by atoms with E-state index >= 15 is 0 Å². The molecule has 0 heterocycles. The lowest BCUT2D eigenvalue weighted by molar-refractivity contribution is 0.441. The van der Waals surface area contributed by atoms with Gasteiger partial charge in [0.25, 0.3) is 0 Å². The molecule has 0 radical (unpaired) electrons. The second-order valence-electron chi connectivity index (χ2n) is 6.04. The molecule has 0 amide bonds. The fourth-order valence-corrected chi connectivity index (χ4v) is 3.76. The minimum atomic E-state index is 0.532. The fraction of sp³-hybridized carbons (Fsp3) is 0.579. The summed E-state index contributed by atoms with van der Waals surface area (Å²) in [5, 5.41) is 10.1. The number of unbranched alkanes of at least 4 members (excludes halogenated alkanes) is 1. The van der Waals surface area contributed by atoms with Crippen LogP contribution in [0.25, 0.3) is 0 Å². The number of nitrogens with zero attached hydrogens (tertiary/aromatic N) is 3. The average molecular weight is 330 g/mol. The molecule has 0 N–H and O–H groups in total. The van der Waals surface area contributed by atoms with Gasteiger partial charge in [0.05, 0.1) is 11.6 Å². The van der Waals surface area contributed by atoms with Crippen LogP contribution < -0.4 is 4.90 Å². The summed E-state index contributed by atoms with van der Waals surface area (Å²) in [6.45, 7) is 3.10. The highest BCUT2D eigenvalue weighted by molar-refractivity contribution is 8.13. The number of thioether (sulfide) groups is 1. The number of amidine groups is 1. The minimum Gasteiger partial charge on any atom is -0.318 e. The van der Waals surface area contributed by atoms with Crippen molar-refractivity contribution in [3.8, 4) is 6.07 Å². The van der Waals surface area contributed by atoms with Gasteiger partial charge in [0.15, 0.2) is 5.17 Å². The van der Waals surface area contributed by atoms with Gasteiger partial charge in [-0.1, -0.05) is 44.4 Å². The quantitative estimate of drug-likeness (QED) is 0.422. The van der Waals surface area contributed by atoms with Crippen molar-refractivity contribution in [2.75, 3.05) is 17.7 Å². The third-order valence-electron chi connectivity index (χ3n) is 4.36. The number of anilines is 1. The van der Waals surface area contributed by atoms with Crippen LogP contribution in [0, 0.1) is 11.3 Å². The summed E-state index contributed by atoms with van der Waals surface area (Å²) >= 11 is 1.74. The molecule has 0 unspecified atom stereocenters. The van der Waals surface area contributed by atoms with Gasteiger partial charge in [-0.25, -0.2) is 0 Å². The van der Waals surface area contributed by atoms with E-state index in [9.17, 15) is 0 Å². The molecule has 1 saturated carbocycles. The Kier molecular flexibility index (Phi) is 7.48. The minimum absolute atomic E-state index is 0.532. The molecule has 0 atom stereocenters. The lowest BCUT2D eigenvalue weighted by Crippen LogP contribution is -2.40. The molecule has 2 rings (SSSR count). The highest BCUT2D eigenvalue weighted by Gasteiger charge is 2.25. The van der Waals surface area contributed by atoms with E-state index in [0.29, 0.717) is 11.6 Å². The lowest BCUT2D eigenvalue weighted by Gasteiger charge is -2.36. The summed E-state index contributed by atoms with van der Waals surface area (Å²) in [6.07, 6.45) is 10.8. The largest absolute Gasteiger partial charge is 0.318 e. The Morgan fingerprint density at radius 2 is 1.96 bits per heavy atom. The zero-order valence-electron chi connectivity index (χ0n) is 14.3. The molecule has 3 nitrogen and oxygen atoms in total. The van der Waals surface area contributed by atoms with Crippen molar-refractivity contribution in [1.82, 2.24) is 0 Å². The second kappa shape index (κ2) is 9.62. The van der Waals surface area contributed by atoms with E-state index in [1.807, 2.05) is 12.1 Å². The first-order valence-corrected chi connectivity index (χ1v) is 9.90. The molecule has 0 bridgehead atoms. The first-order chi connectivity index (χ1) is 11.3. The summed E-state index contributed by atoms with van der Waals surface area (Å²) in [6, 6.07) is 10.7. The molecule has 1 aromatic carbocycles. The molecule has 0 saturated heterocycles. The van der Waals surface area contributed by atoms with Gasteiger partial charge in [-0.05, 0) is 49.8 Å². The normalized spacial score (nSPS) is 16.1. The predicted molar refractivity (Wildman–Crippen MR) is 101 cm³/mol. The van der Waals surface area contributed by atoms with Crippen LogP contribution in [0.3, 0.4) is 0 Å². The Morgan fingerprint density at radius 1 is 1.26 bits per heavy atom. The Labute approximate surface area is 144 Å². The number of hydrogen-bond acceptors (Lipinski definition) is 3. The van der Waals surface area contributed by atoms with E-state index in [0.717, 1.165) is 18.1 Å². The number of benzene rings is 1. The van der Waals surface area contributed by atoms with Crippen LogP contribution >= 0.6 is 11.8 Å². The number of aliphatic imine (C=N–C) groups is 1. The molecule has 1 aliphatic carbocycles. The highest BCUT2D eigenvalue weighted by Crippen LogP contribution is 2.30. The van der Waals surface area contributed by atoms with Crippen molar-refractivity contribution in [2.45, 2.75) is 57.9 Å². The monoisotopic (exact) mass is 329 g/mol. The molecular formula is C19H27N3S. The summed E-state index contributed by atoms with van der Waals surface area (Å²) < 4.78 is 0. The van der Waals surface area contributed by atoms with Crippen molar-refractivity contribution in [2.24, 2.45) is 4.99 Å². The van der Waals surface area contributed by atoms with E-state index in [1.165, 1.54) is 44.2 Å². The SMILES string of the molecule is CCCCN=C(SC)N(c1ccc(C#N)cc1)C1CCCCC1. The summed E-state index contributed by atoms with van der Waals surface area (Å²) in [5.74, 6) is 0. The van der Waals surface area contributed by atoms with Crippen LogP contribution in [0.5, 0.6) is 0 Å². The van der Waals surface area contributed by atoms with E-state index in [-0.39, 0.29) is 0 Å². The van der Waals surface area contributed by atoms with Crippen LogP contribution in [0.15, 0.2) is 29.3 Å². The van der Waals surface area contributed by atoms with Gasteiger partial charge in [0.2, 0.25) is 0 Å². The topological polar surface area (TPSA) is 39.4 Å². The molecule has 0 aliphatic heterocycles. The van der Waals surface area contributed by atoms with E-state index in [2.05, 4.69) is 36.3 Å². The summed E-state index contributed by atoms with van der Waals surface area (Å²) in [5.41, 5.74) is 1.88. The maximum Gasteiger partial charge on any atom is 0.163 e. The first kappa shape index (κ1) is 17.9. The molecule has 0 aromatic heterocycles. The standard InChI is InChI=1S/C19H27N3S/c1-3-4-14-21-19(23-2)22(17-8-6-5-7-9-17)18-12-10-16(15-20)11-13-18/h10-13,17H,3-9,14H2,1-2H3. The summed E-state index contributed by atoms with van der Waals surface area (Å²) in [4.78, 5) is 7.28. The molecule has 4 heteroatoms. The van der Waals surface area contributed by atoms with Crippen molar-refractivity contribution >= 4 is 22.6 Å². The van der Waals surface area contributed by atoms with Gasteiger partial charge in [-0.2, -0.15) is 5.26 Å². The molecule has 1 aliphatic rings. The second-order valence-corrected chi connectivity index (χ2v) is 6.82. The van der Waals surface area contributed by atoms with Crippen molar-refractivity contribution < 1.29 is 0 Å². The molecule has 23 heavy (non-hydrogen) atoms. The van der Waals surface area contributed by atoms with Crippen LogP contribution in [0.1, 0.15) is 57.4 Å². The number of hydrogen-bond donors (Lipinski definition) is 0. The average Bonchev–Trinajstić information content (AvgIpc) is 2.62. The summed E-state index contributed by atoms with van der Waals surface area (Å²) in [7, 11) is 0. The molecule has 1 fully saturated rings. The van der Waals surface area contributed by atoms with E-state index in [4.69, 9.17) is 10.3 Å². The Balaban J connectivity index is 2.29. The van der Waals surface area contributed by atoms with Crippen molar-refractivity contribution in [3.05, 3.63) is 29.8 Å². The smallest absolute Gasteiger partial charge is 0.163 e. The van der Waals surface area contributed by atoms with Crippen LogP contribution in [0.4, 0.5) is 5.69 Å². The van der Waals surface area contributed by atoms with E-state index in [1.54, 1.807) is 11.8 Å². The number of rotatable bonds is 5. The van der Waals surface area contributed by atoms with Gasteiger partial charge >= 0.3 is 0 Å².